The summed E-state index contributed by atoms with van der Waals surface area (Å²) in [6.45, 7) is 9.54. The van der Waals surface area contributed by atoms with Gasteiger partial charge in [-0.05, 0) is 12.8 Å². The zero-order chi connectivity index (χ0) is 16.4. The lowest BCUT2D eigenvalue weighted by Gasteiger charge is -2.34. The number of rotatable bonds is 3. The highest BCUT2D eigenvalue weighted by Gasteiger charge is 2.38. The number of hydrogen-bond donors (Lipinski definition) is 0. The first-order chi connectivity index (χ1) is 11.1. The van der Waals surface area contributed by atoms with Gasteiger partial charge in [-0.15, -0.1) is 0 Å². The minimum atomic E-state index is -0.00133. The van der Waals surface area contributed by atoms with E-state index < -0.39 is 0 Å². The summed E-state index contributed by atoms with van der Waals surface area (Å²) in [5, 5.41) is 5.68. The van der Waals surface area contributed by atoms with Crippen molar-refractivity contribution in [2.24, 2.45) is 11.0 Å². The second kappa shape index (κ2) is 6.97. The van der Waals surface area contributed by atoms with E-state index in [1.54, 1.807) is 0 Å². The first-order valence-corrected chi connectivity index (χ1v) is 8.59. The maximum absolute atomic E-state index is 12.8. The first-order valence-electron chi connectivity index (χ1n) is 8.59. The zero-order valence-corrected chi connectivity index (χ0v) is 14.0. The molecule has 0 aromatic carbocycles. The smallest absolute Gasteiger partial charge is 0.270 e. The Hall–Kier alpha value is -1.47. The predicted molar refractivity (Wildman–Crippen MR) is 86.0 cm³/mol. The van der Waals surface area contributed by atoms with Gasteiger partial charge < -0.3 is 9.64 Å². The monoisotopic (exact) mass is 322 g/mol. The van der Waals surface area contributed by atoms with Crippen LogP contribution in [0.3, 0.4) is 0 Å². The Labute approximate surface area is 137 Å². The van der Waals surface area contributed by atoms with Crippen LogP contribution in [0.1, 0.15) is 26.7 Å². The number of likely N-dealkylation sites (tertiary alicyclic amines) is 1. The Kier molecular flexibility index (Phi) is 4.96. The molecule has 2 amide bonds. The standard InChI is InChI=1S/C16H26N4O3/c1-3-20-15(21)5-4-13(17-20)16(22)19-10-12(2)14(11-19)18-6-8-23-9-7-18/h12,14H,3-11H2,1-2H3/t12-,14+/m0/s1. The van der Waals surface area contributed by atoms with Gasteiger partial charge in [-0.3, -0.25) is 14.5 Å². The second-order valence-corrected chi connectivity index (χ2v) is 6.56. The third-order valence-corrected chi connectivity index (χ3v) is 5.03. The molecule has 7 heteroatoms. The fourth-order valence-electron chi connectivity index (χ4n) is 3.69. The van der Waals surface area contributed by atoms with E-state index in [0.717, 1.165) is 39.4 Å². The van der Waals surface area contributed by atoms with Crippen molar-refractivity contribution < 1.29 is 14.3 Å². The maximum Gasteiger partial charge on any atom is 0.270 e. The first kappa shape index (κ1) is 16.4. The summed E-state index contributed by atoms with van der Waals surface area (Å²) in [5.41, 5.74) is 0.529. The van der Waals surface area contributed by atoms with Gasteiger partial charge in [0, 0.05) is 51.6 Å². The van der Waals surface area contributed by atoms with Crippen LogP contribution in [0.2, 0.25) is 0 Å². The van der Waals surface area contributed by atoms with Gasteiger partial charge in [0.25, 0.3) is 5.91 Å². The predicted octanol–water partition coefficient (Wildman–Crippen LogP) is 0.164. The Bertz CT molecular complexity index is 502. The molecule has 0 aromatic heterocycles. The van der Waals surface area contributed by atoms with E-state index >= 15 is 0 Å². The van der Waals surface area contributed by atoms with Crippen LogP contribution < -0.4 is 0 Å². The zero-order valence-electron chi connectivity index (χ0n) is 14.0. The van der Waals surface area contributed by atoms with Gasteiger partial charge >= 0.3 is 0 Å². The number of morpholine rings is 1. The molecule has 0 aromatic rings. The largest absolute Gasteiger partial charge is 0.379 e. The van der Waals surface area contributed by atoms with Gasteiger partial charge in [-0.2, -0.15) is 5.10 Å². The summed E-state index contributed by atoms with van der Waals surface area (Å²) in [6, 6.07) is 0.399. The average Bonchev–Trinajstić information content (AvgIpc) is 2.97. The number of carbonyl (C=O) groups is 2. The molecule has 128 valence electrons. The van der Waals surface area contributed by atoms with Gasteiger partial charge in [0.15, 0.2) is 0 Å². The quantitative estimate of drug-likeness (QED) is 0.743. The Morgan fingerprint density at radius 2 is 2.00 bits per heavy atom. The van der Waals surface area contributed by atoms with E-state index in [1.165, 1.54) is 5.01 Å². The summed E-state index contributed by atoms with van der Waals surface area (Å²) in [5.74, 6) is 0.453. The van der Waals surface area contributed by atoms with Gasteiger partial charge in [0.2, 0.25) is 5.91 Å². The topological polar surface area (TPSA) is 65.5 Å². The summed E-state index contributed by atoms with van der Waals surface area (Å²) in [4.78, 5) is 28.8. The molecule has 0 radical (unpaired) electrons. The number of carbonyl (C=O) groups excluding carboxylic acids is 2. The average molecular weight is 322 g/mol. The third kappa shape index (κ3) is 3.40. The minimum absolute atomic E-state index is 0.00133. The van der Waals surface area contributed by atoms with Crippen LogP contribution in [0.25, 0.3) is 0 Å². The van der Waals surface area contributed by atoms with Crippen molar-refractivity contribution in [3.8, 4) is 0 Å². The number of amides is 2. The molecule has 3 aliphatic rings. The SMILES string of the molecule is CCN1N=C(C(=O)N2C[C@@H](N3CCOCC3)[C@@H](C)C2)CCC1=O. The molecule has 23 heavy (non-hydrogen) atoms. The van der Waals surface area contributed by atoms with Crippen LogP contribution in [0.4, 0.5) is 0 Å². The van der Waals surface area contributed by atoms with E-state index in [9.17, 15) is 9.59 Å². The molecule has 0 bridgehead atoms. The molecule has 3 heterocycles. The molecule has 7 nitrogen and oxygen atoms in total. The van der Waals surface area contributed by atoms with Crippen LogP contribution in [0.5, 0.6) is 0 Å². The highest BCUT2D eigenvalue weighted by Crippen LogP contribution is 2.24. The van der Waals surface area contributed by atoms with E-state index in [-0.39, 0.29) is 11.8 Å². The van der Waals surface area contributed by atoms with E-state index in [1.807, 2.05) is 11.8 Å². The molecule has 0 unspecified atom stereocenters. The molecule has 0 aliphatic carbocycles. The van der Waals surface area contributed by atoms with Crippen molar-refractivity contribution in [3.05, 3.63) is 0 Å². The molecule has 3 aliphatic heterocycles. The molecule has 2 atom stereocenters. The van der Waals surface area contributed by atoms with Crippen molar-refractivity contribution in [3.63, 3.8) is 0 Å². The van der Waals surface area contributed by atoms with Crippen molar-refractivity contribution in [1.82, 2.24) is 14.8 Å². The molecule has 2 saturated heterocycles. The molecule has 0 N–H and O–H groups in total. The van der Waals surface area contributed by atoms with Crippen LogP contribution in [0, 0.1) is 5.92 Å². The normalized spacial score (nSPS) is 29.8. The van der Waals surface area contributed by atoms with Crippen molar-refractivity contribution in [2.45, 2.75) is 32.7 Å². The summed E-state index contributed by atoms with van der Waals surface area (Å²) < 4.78 is 5.42. The summed E-state index contributed by atoms with van der Waals surface area (Å²) in [7, 11) is 0. The third-order valence-electron chi connectivity index (χ3n) is 5.03. The lowest BCUT2D eigenvalue weighted by molar-refractivity contribution is -0.131. The van der Waals surface area contributed by atoms with E-state index in [0.29, 0.717) is 37.1 Å². The van der Waals surface area contributed by atoms with Gasteiger partial charge in [-0.25, -0.2) is 5.01 Å². The number of hydrazone groups is 1. The van der Waals surface area contributed by atoms with Crippen molar-refractivity contribution >= 4 is 17.5 Å². The minimum Gasteiger partial charge on any atom is -0.379 e. The van der Waals surface area contributed by atoms with Crippen LogP contribution in [0.15, 0.2) is 5.10 Å². The number of nitrogens with zero attached hydrogens (tertiary/aromatic N) is 4. The highest BCUT2D eigenvalue weighted by molar-refractivity contribution is 6.39. The lowest BCUT2D eigenvalue weighted by Crippen LogP contribution is -2.47. The summed E-state index contributed by atoms with van der Waals surface area (Å²) >= 11 is 0. The molecule has 3 rings (SSSR count). The van der Waals surface area contributed by atoms with Crippen LogP contribution in [-0.4, -0.2) is 84.3 Å². The number of ether oxygens (including phenoxy) is 1. The molecule has 2 fully saturated rings. The molecular weight excluding hydrogens is 296 g/mol. The second-order valence-electron chi connectivity index (χ2n) is 6.56. The van der Waals surface area contributed by atoms with E-state index in [2.05, 4.69) is 16.9 Å². The van der Waals surface area contributed by atoms with Gasteiger partial charge in [0.1, 0.15) is 5.71 Å². The molecular formula is C16H26N4O3. The fourth-order valence-corrected chi connectivity index (χ4v) is 3.69. The lowest BCUT2D eigenvalue weighted by atomic mass is 10.0. The van der Waals surface area contributed by atoms with Crippen molar-refractivity contribution in [2.75, 3.05) is 45.9 Å². The fraction of sp³-hybridized carbons (Fsp3) is 0.812. The summed E-state index contributed by atoms with van der Waals surface area (Å²) in [6.07, 6.45) is 0.843. The maximum atomic E-state index is 12.8. The Balaban J connectivity index is 1.65. The molecule has 0 saturated carbocycles. The van der Waals surface area contributed by atoms with Crippen LogP contribution in [-0.2, 0) is 14.3 Å². The highest BCUT2D eigenvalue weighted by atomic mass is 16.5. The van der Waals surface area contributed by atoms with Gasteiger partial charge in [0.05, 0.1) is 13.2 Å². The van der Waals surface area contributed by atoms with Gasteiger partial charge in [-0.1, -0.05) is 6.92 Å². The Morgan fingerprint density at radius 1 is 1.26 bits per heavy atom. The van der Waals surface area contributed by atoms with Crippen molar-refractivity contribution in [1.29, 1.82) is 0 Å². The number of hydrogen-bond acceptors (Lipinski definition) is 5. The molecule has 0 spiro atoms. The van der Waals surface area contributed by atoms with Crippen LogP contribution >= 0.6 is 0 Å². The Morgan fingerprint density at radius 3 is 2.70 bits per heavy atom. The van der Waals surface area contributed by atoms with E-state index in [4.69, 9.17) is 4.74 Å².